The molecule has 0 atom stereocenters. The van der Waals surface area contributed by atoms with Gasteiger partial charge in [0.2, 0.25) is 0 Å². The number of rotatable bonds is 2. The van der Waals surface area contributed by atoms with E-state index in [1.807, 2.05) is 17.8 Å². The summed E-state index contributed by atoms with van der Waals surface area (Å²) in [6, 6.07) is 1.89. The zero-order valence-corrected chi connectivity index (χ0v) is 9.00. The normalized spacial score (nSPS) is 15.3. The molecule has 2 heterocycles. The molecule has 2 aromatic heterocycles. The number of hydrogen-bond donors (Lipinski definition) is 0. The van der Waals surface area contributed by atoms with E-state index in [4.69, 9.17) is 0 Å². The topological polar surface area (TPSA) is 52.7 Å². The van der Waals surface area contributed by atoms with Gasteiger partial charge in [-0.25, -0.2) is 4.98 Å². The molecule has 5 nitrogen and oxygen atoms in total. The van der Waals surface area contributed by atoms with Crippen molar-refractivity contribution in [3.05, 3.63) is 36.2 Å². The third-order valence-electron chi connectivity index (χ3n) is 2.87. The standard InChI is InChI=1S/C11H12N4O/c1-14-10(8-2-3-8)6-9(13-14)11(16)15-5-4-12-7-15/h4-8H,2-3H2,1H3. The molecule has 0 unspecified atom stereocenters. The molecular formula is C11H12N4O. The van der Waals surface area contributed by atoms with E-state index in [2.05, 4.69) is 10.1 Å². The molecule has 3 rings (SSSR count). The van der Waals surface area contributed by atoms with Crippen LogP contribution in [-0.4, -0.2) is 25.2 Å². The molecule has 5 heteroatoms. The van der Waals surface area contributed by atoms with Crippen LogP contribution in [-0.2, 0) is 7.05 Å². The molecule has 1 saturated carbocycles. The van der Waals surface area contributed by atoms with E-state index >= 15 is 0 Å². The quantitative estimate of drug-likeness (QED) is 0.757. The zero-order valence-electron chi connectivity index (χ0n) is 9.00. The van der Waals surface area contributed by atoms with Crippen molar-refractivity contribution in [1.82, 2.24) is 19.3 Å². The van der Waals surface area contributed by atoms with E-state index in [0.717, 1.165) is 5.69 Å². The van der Waals surface area contributed by atoms with Gasteiger partial charge in [0.15, 0.2) is 5.69 Å². The lowest BCUT2D eigenvalue weighted by atomic mass is 10.2. The number of imidazole rings is 1. The Kier molecular flexibility index (Phi) is 1.92. The average molecular weight is 216 g/mol. The molecule has 82 valence electrons. The molecule has 0 bridgehead atoms. The highest BCUT2D eigenvalue weighted by atomic mass is 16.2. The van der Waals surface area contributed by atoms with Crippen LogP contribution in [0.25, 0.3) is 0 Å². The number of carbonyl (C=O) groups is 1. The Balaban J connectivity index is 1.95. The Labute approximate surface area is 92.7 Å². The Morgan fingerprint density at radius 3 is 2.94 bits per heavy atom. The van der Waals surface area contributed by atoms with Crippen molar-refractivity contribution in [2.24, 2.45) is 7.05 Å². The predicted molar refractivity (Wildman–Crippen MR) is 57.1 cm³/mol. The first-order valence-corrected chi connectivity index (χ1v) is 5.32. The third-order valence-corrected chi connectivity index (χ3v) is 2.87. The van der Waals surface area contributed by atoms with Gasteiger partial charge in [-0.1, -0.05) is 0 Å². The SMILES string of the molecule is Cn1nc(C(=O)n2ccnc2)cc1C1CC1. The molecule has 0 radical (unpaired) electrons. The Hall–Kier alpha value is -1.91. The van der Waals surface area contributed by atoms with Crippen molar-refractivity contribution in [1.29, 1.82) is 0 Å². The number of nitrogens with zero attached hydrogens (tertiary/aromatic N) is 4. The van der Waals surface area contributed by atoms with Gasteiger partial charge >= 0.3 is 0 Å². The summed E-state index contributed by atoms with van der Waals surface area (Å²) in [5.74, 6) is 0.474. The summed E-state index contributed by atoms with van der Waals surface area (Å²) < 4.78 is 3.25. The molecule has 0 aliphatic heterocycles. The fraction of sp³-hybridized carbons (Fsp3) is 0.364. The minimum atomic E-state index is -0.125. The first-order valence-electron chi connectivity index (χ1n) is 5.32. The molecular weight excluding hydrogens is 204 g/mol. The van der Waals surface area contributed by atoms with Gasteiger partial charge in [-0.05, 0) is 18.9 Å². The molecule has 0 N–H and O–H groups in total. The third kappa shape index (κ3) is 1.44. The Morgan fingerprint density at radius 2 is 2.31 bits per heavy atom. The molecule has 1 fully saturated rings. The summed E-state index contributed by atoms with van der Waals surface area (Å²) in [7, 11) is 1.89. The minimum Gasteiger partial charge on any atom is -0.272 e. The Bertz CT molecular complexity index is 522. The van der Waals surface area contributed by atoms with Crippen LogP contribution in [0, 0.1) is 0 Å². The van der Waals surface area contributed by atoms with Crippen molar-refractivity contribution in [3.63, 3.8) is 0 Å². The van der Waals surface area contributed by atoms with Crippen LogP contribution < -0.4 is 0 Å². The summed E-state index contributed by atoms with van der Waals surface area (Å²) in [6.07, 6.45) is 7.13. The molecule has 0 aromatic carbocycles. The molecule has 2 aromatic rings. The maximum atomic E-state index is 12.0. The van der Waals surface area contributed by atoms with Crippen LogP contribution in [0.3, 0.4) is 0 Å². The summed E-state index contributed by atoms with van der Waals surface area (Å²) in [5, 5.41) is 4.25. The second-order valence-electron chi connectivity index (χ2n) is 4.13. The van der Waals surface area contributed by atoms with Crippen molar-refractivity contribution in [2.75, 3.05) is 0 Å². The van der Waals surface area contributed by atoms with Gasteiger partial charge in [0.05, 0.1) is 0 Å². The van der Waals surface area contributed by atoms with E-state index < -0.39 is 0 Å². The molecule has 1 aliphatic carbocycles. The summed E-state index contributed by atoms with van der Waals surface area (Å²) in [6.45, 7) is 0. The summed E-state index contributed by atoms with van der Waals surface area (Å²) >= 11 is 0. The van der Waals surface area contributed by atoms with Gasteiger partial charge in [-0.15, -0.1) is 0 Å². The van der Waals surface area contributed by atoms with Crippen molar-refractivity contribution in [2.45, 2.75) is 18.8 Å². The van der Waals surface area contributed by atoms with Crippen LogP contribution in [0.4, 0.5) is 0 Å². The first-order chi connectivity index (χ1) is 7.75. The van der Waals surface area contributed by atoms with Gasteiger partial charge in [0.25, 0.3) is 5.91 Å². The van der Waals surface area contributed by atoms with Gasteiger partial charge in [-0.2, -0.15) is 5.10 Å². The highest BCUT2D eigenvalue weighted by Crippen LogP contribution is 2.39. The predicted octanol–water partition coefficient (Wildman–Crippen LogP) is 1.18. The van der Waals surface area contributed by atoms with Crippen molar-refractivity contribution >= 4 is 5.91 Å². The summed E-state index contributed by atoms with van der Waals surface area (Å²) in [4.78, 5) is 15.8. The van der Waals surface area contributed by atoms with Gasteiger partial charge in [-0.3, -0.25) is 14.0 Å². The van der Waals surface area contributed by atoms with Crippen LogP contribution in [0.15, 0.2) is 24.8 Å². The largest absolute Gasteiger partial charge is 0.283 e. The van der Waals surface area contributed by atoms with Gasteiger partial charge < -0.3 is 0 Å². The van der Waals surface area contributed by atoms with Crippen molar-refractivity contribution < 1.29 is 4.79 Å². The second kappa shape index (κ2) is 3.30. The van der Waals surface area contributed by atoms with Gasteiger partial charge in [0, 0.05) is 31.1 Å². The lowest BCUT2D eigenvalue weighted by Gasteiger charge is -1.95. The van der Waals surface area contributed by atoms with E-state index in [-0.39, 0.29) is 5.91 Å². The maximum absolute atomic E-state index is 12.0. The first kappa shape index (κ1) is 9.33. The highest BCUT2D eigenvalue weighted by Gasteiger charge is 2.28. The van der Waals surface area contributed by atoms with E-state index in [9.17, 15) is 4.79 Å². The van der Waals surface area contributed by atoms with E-state index in [0.29, 0.717) is 11.6 Å². The van der Waals surface area contributed by atoms with Crippen LogP contribution in [0.2, 0.25) is 0 Å². The maximum Gasteiger partial charge on any atom is 0.283 e. The van der Waals surface area contributed by atoms with Crippen LogP contribution >= 0.6 is 0 Å². The van der Waals surface area contributed by atoms with Crippen molar-refractivity contribution in [3.8, 4) is 0 Å². The second-order valence-corrected chi connectivity index (χ2v) is 4.13. The minimum absolute atomic E-state index is 0.125. The molecule has 0 amide bonds. The Morgan fingerprint density at radius 1 is 1.50 bits per heavy atom. The fourth-order valence-corrected chi connectivity index (χ4v) is 1.86. The van der Waals surface area contributed by atoms with E-state index in [1.54, 1.807) is 12.4 Å². The smallest absolute Gasteiger partial charge is 0.272 e. The fourth-order valence-electron chi connectivity index (χ4n) is 1.86. The number of carbonyl (C=O) groups excluding carboxylic acids is 1. The monoisotopic (exact) mass is 216 g/mol. The van der Waals surface area contributed by atoms with Crippen LogP contribution in [0.1, 0.15) is 34.9 Å². The number of hydrogen-bond acceptors (Lipinski definition) is 3. The molecule has 0 spiro atoms. The zero-order chi connectivity index (χ0) is 11.1. The lowest BCUT2D eigenvalue weighted by Crippen LogP contribution is -2.10. The molecule has 16 heavy (non-hydrogen) atoms. The molecule has 1 aliphatic rings. The number of aromatic nitrogens is 4. The summed E-state index contributed by atoms with van der Waals surface area (Å²) in [5.41, 5.74) is 1.64. The average Bonchev–Trinajstić information content (AvgIpc) is 2.83. The lowest BCUT2D eigenvalue weighted by molar-refractivity contribution is 0.0954. The van der Waals surface area contributed by atoms with E-state index in [1.165, 1.54) is 23.7 Å². The van der Waals surface area contributed by atoms with Gasteiger partial charge in [0.1, 0.15) is 6.33 Å². The van der Waals surface area contributed by atoms with Crippen LogP contribution in [0.5, 0.6) is 0 Å². The molecule has 0 saturated heterocycles. The number of aryl methyl sites for hydroxylation is 1. The highest BCUT2D eigenvalue weighted by molar-refractivity contribution is 5.94.